The summed E-state index contributed by atoms with van der Waals surface area (Å²) in [6.07, 6.45) is 3.89. The van der Waals surface area contributed by atoms with Crippen LogP contribution >= 0.6 is 31.9 Å². The van der Waals surface area contributed by atoms with Crippen molar-refractivity contribution >= 4 is 31.9 Å². The molecule has 0 amide bonds. The molecule has 0 nitrogen and oxygen atoms in total. The zero-order valence-corrected chi connectivity index (χ0v) is 12.5. The number of alkyl halides is 2. The van der Waals surface area contributed by atoms with Crippen molar-refractivity contribution < 1.29 is 0 Å². The molecule has 0 saturated heterocycles. The molecule has 0 radical (unpaired) electrons. The minimum Gasteiger partial charge on any atom is -0.0928 e. The van der Waals surface area contributed by atoms with Crippen LogP contribution in [0.4, 0.5) is 0 Å². The SMILES string of the molecule is CC(C)(CBr)CC(C)(C)CCCBr. The molecule has 0 bridgehead atoms. The molecule has 0 rings (SSSR count). The van der Waals surface area contributed by atoms with Crippen molar-refractivity contribution in [2.75, 3.05) is 10.7 Å². The lowest BCUT2D eigenvalue weighted by Gasteiger charge is -2.33. The van der Waals surface area contributed by atoms with Crippen LogP contribution in [0.2, 0.25) is 0 Å². The Balaban J connectivity index is 4.00. The van der Waals surface area contributed by atoms with Gasteiger partial charge in [0, 0.05) is 10.7 Å². The molecular formula is C11H22Br2. The molecule has 0 aromatic rings. The first kappa shape index (κ1) is 14.0. The molecule has 0 aromatic carbocycles. The molecule has 0 unspecified atom stereocenters. The van der Waals surface area contributed by atoms with Gasteiger partial charge in [0.15, 0.2) is 0 Å². The third-order valence-corrected chi connectivity index (χ3v) is 4.38. The van der Waals surface area contributed by atoms with Gasteiger partial charge in [0.2, 0.25) is 0 Å². The molecule has 0 fully saturated rings. The zero-order valence-electron chi connectivity index (χ0n) is 9.29. The Morgan fingerprint density at radius 2 is 1.46 bits per heavy atom. The van der Waals surface area contributed by atoms with E-state index >= 15 is 0 Å². The molecule has 0 saturated carbocycles. The standard InChI is InChI=1S/C11H22Br2/c1-10(2,6-5-7-12)8-11(3,4)9-13/h5-9H2,1-4H3. The Kier molecular flexibility index (Phi) is 6.17. The largest absolute Gasteiger partial charge is 0.0928 e. The van der Waals surface area contributed by atoms with E-state index < -0.39 is 0 Å². The van der Waals surface area contributed by atoms with Crippen LogP contribution in [0.5, 0.6) is 0 Å². The van der Waals surface area contributed by atoms with E-state index in [1.807, 2.05) is 0 Å². The molecule has 0 aliphatic rings. The minimum atomic E-state index is 0.426. The average Bonchev–Trinajstić information content (AvgIpc) is 1.99. The van der Waals surface area contributed by atoms with Gasteiger partial charge in [-0.3, -0.25) is 0 Å². The van der Waals surface area contributed by atoms with E-state index in [0.29, 0.717) is 10.8 Å². The van der Waals surface area contributed by atoms with Crippen molar-refractivity contribution in [1.29, 1.82) is 0 Å². The molecule has 0 atom stereocenters. The molecule has 2 heteroatoms. The summed E-state index contributed by atoms with van der Waals surface area (Å²) in [6.45, 7) is 9.41. The lowest BCUT2D eigenvalue weighted by molar-refractivity contribution is 0.203. The Bertz CT molecular complexity index is 139. The van der Waals surface area contributed by atoms with Gasteiger partial charge in [-0.05, 0) is 30.1 Å². The van der Waals surface area contributed by atoms with Gasteiger partial charge >= 0.3 is 0 Å². The maximum Gasteiger partial charge on any atom is 0.00828 e. The first-order valence-corrected chi connectivity index (χ1v) is 7.19. The molecular weight excluding hydrogens is 292 g/mol. The Morgan fingerprint density at radius 3 is 1.85 bits per heavy atom. The highest BCUT2D eigenvalue weighted by atomic mass is 79.9. The number of rotatable bonds is 6. The second-order valence-corrected chi connectivity index (χ2v) is 6.79. The molecule has 0 heterocycles. The number of halogens is 2. The van der Waals surface area contributed by atoms with E-state index in [1.54, 1.807) is 0 Å². The summed E-state index contributed by atoms with van der Waals surface area (Å²) < 4.78 is 0. The van der Waals surface area contributed by atoms with Crippen LogP contribution in [0.15, 0.2) is 0 Å². The first-order chi connectivity index (χ1) is 5.83. The highest BCUT2D eigenvalue weighted by Gasteiger charge is 2.27. The van der Waals surface area contributed by atoms with Crippen molar-refractivity contribution in [1.82, 2.24) is 0 Å². The summed E-state index contributed by atoms with van der Waals surface area (Å²) >= 11 is 7.07. The fourth-order valence-corrected chi connectivity index (χ4v) is 2.46. The van der Waals surface area contributed by atoms with Crippen LogP contribution in [-0.4, -0.2) is 10.7 Å². The van der Waals surface area contributed by atoms with E-state index in [2.05, 4.69) is 59.6 Å². The smallest absolute Gasteiger partial charge is 0.00828 e. The molecule has 0 N–H and O–H groups in total. The molecule has 80 valence electrons. The summed E-state index contributed by atoms with van der Waals surface area (Å²) in [5.41, 5.74) is 0.904. The van der Waals surface area contributed by atoms with Gasteiger partial charge in [-0.1, -0.05) is 59.6 Å². The first-order valence-electron chi connectivity index (χ1n) is 4.95. The Morgan fingerprint density at radius 1 is 0.923 bits per heavy atom. The number of hydrogen-bond acceptors (Lipinski definition) is 0. The van der Waals surface area contributed by atoms with E-state index in [4.69, 9.17) is 0 Å². The van der Waals surface area contributed by atoms with Gasteiger partial charge in [0.05, 0.1) is 0 Å². The van der Waals surface area contributed by atoms with Gasteiger partial charge < -0.3 is 0 Å². The van der Waals surface area contributed by atoms with Crippen molar-refractivity contribution in [3.8, 4) is 0 Å². The highest BCUT2D eigenvalue weighted by molar-refractivity contribution is 9.09. The average molecular weight is 314 g/mol. The van der Waals surface area contributed by atoms with Crippen LogP contribution in [0.25, 0.3) is 0 Å². The monoisotopic (exact) mass is 312 g/mol. The zero-order chi connectivity index (χ0) is 10.5. The molecule has 0 aliphatic carbocycles. The van der Waals surface area contributed by atoms with Gasteiger partial charge in [0.25, 0.3) is 0 Å². The topological polar surface area (TPSA) is 0 Å². The summed E-state index contributed by atoms with van der Waals surface area (Å²) in [5.74, 6) is 0. The lowest BCUT2D eigenvalue weighted by Crippen LogP contribution is -2.24. The predicted molar refractivity (Wildman–Crippen MR) is 69.0 cm³/mol. The maximum absolute atomic E-state index is 3.58. The van der Waals surface area contributed by atoms with Gasteiger partial charge in [-0.2, -0.15) is 0 Å². The van der Waals surface area contributed by atoms with Gasteiger partial charge in [-0.25, -0.2) is 0 Å². The predicted octanol–water partition coefficient (Wildman–Crippen LogP) is 5.00. The highest BCUT2D eigenvalue weighted by Crippen LogP contribution is 2.37. The lowest BCUT2D eigenvalue weighted by atomic mass is 9.74. The van der Waals surface area contributed by atoms with E-state index in [0.717, 1.165) is 10.7 Å². The van der Waals surface area contributed by atoms with E-state index in [9.17, 15) is 0 Å². The summed E-state index contributed by atoms with van der Waals surface area (Å²) in [5, 5.41) is 2.23. The van der Waals surface area contributed by atoms with Crippen LogP contribution in [0.1, 0.15) is 47.0 Å². The summed E-state index contributed by atoms with van der Waals surface area (Å²) in [4.78, 5) is 0. The third kappa shape index (κ3) is 6.96. The second-order valence-electron chi connectivity index (χ2n) is 5.43. The molecule has 0 spiro atoms. The van der Waals surface area contributed by atoms with E-state index in [-0.39, 0.29) is 0 Å². The summed E-state index contributed by atoms with van der Waals surface area (Å²) in [7, 11) is 0. The van der Waals surface area contributed by atoms with Crippen molar-refractivity contribution in [3.05, 3.63) is 0 Å². The molecule has 0 aromatic heterocycles. The fraction of sp³-hybridized carbons (Fsp3) is 1.00. The molecule has 13 heavy (non-hydrogen) atoms. The van der Waals surface area contributed by atoms with Crippen LogP contribution in [0, 0.1) is 10.8 Å². The van der Waals surface area contributed by atoms with Crippen molar-refractivity contribution in [2.45, 2.75) is 47.0 Å². The van der Waals surface area contributed by atoms with Crippen molar-refractivity contribution in [2.24, 2.45) is 10.8 Å². The Labute approximate surface area is 100 Å². The van der Waals surface area contributed by atoms with Crippen LogP contribution in [-0.2, 0) is 0 Å². The van der Waals surface area contributed by atoms with Crippen molar-refractivity contribution in [3.63, 3.8) is 0 Å². The normalized spacial score (nSPS) is 13.4. The molecule has 0 aliphatic heterocycles. The third-order valence-electron chi connectivity index (χ3n) is 2.31. The number of hydrogen-bond donors (Lipinski definition) is 0. The minimum absolute atomic E-state index is 0.426. The van der Waals surface area contributed by atoms with Gasteiger partial charge in [0.1, 0.15) is 0 Å². The van der Waals surface area contributed by atoms with Crippen LogP contribution in [0.3, 0.4) is 0 Å². The maximum atomic E-state index is 3.58. The fourth-order valence-electron chi connectivity index (χ4n) is 1.98. The van der Waals surface area contributed by atoms with E-state index in [1.165, 1.54) is 19.3 Å². The quantitative estimate of drug-likeness (QED) is 0.605. The second kappa shape index (κ2) is 5.75. The van der Waals surface area contributed by atoms with Gasteiger partial charge in [-0.15, -0.1) is 0 Å². The Hall–Kier alpha value is 0.960. The van der Waals surface area contributed by atoms with Crippen LogP contribution < -0.4 is 0 Å². The summed E-state index contributed by atoms with van der Waals surface area (Å²) in [6, 6.07) is 0.